The lowest BCUT2D eigenvalue weighted by molar-refractivity contribution is 0.174. The zero-order chi connectivity index (χ0) is 15.9. The van der Waals surface area contributed by atoms with Gasteiger partial charge in [0, 0.05) is 23.1 Å². The monoisotopic (exact) mass is 320 g/mol. The third kappa shape index (κ3) is 2.26. The maximum absolute atomic E-state index is 5.57. The number of fused-ring (bicyclic) bond motifs is 3. The minimum atomic E-state index is 0.339. The molecular weight excluding hydrogens is 300 g/mol. The van der Waals surface area contributed by atoms with Crippen molar-refractivity contribution >= 4 is 10.9 Å². The van der Waals surface area contributed by atoms with Gasteiger partial charge < -0.3 is 19.8 Å². The zero-order valence-electron chi connectivity index (χ0n) is 13.5. The van der Waals surface area contributed by atoms with E-state index in [0.717, 1.165) is 37.3 Å². The first kappa shape index (κ1) is 13.9. The lowest BCUT2D eigenvalue weighted by Crippen LogP contribution is -2.30. The van der Waals surface area contributed by atoms with Crippen molar-refractivity contribution in [3.63, 3.8) is 0 Å². The van der Waals surface area contributed by atoms with E-state index in [2.05, 4.69) is 52.9 Å². The fourth-order valence-electron chi connectivity index (χ4n) is 3.93. The highest BCUT2D eigenvalue weighted by molar-refractivity contribution is 5.83. The van der Waals surface area contributed by atoms with Crippen molar-refractivity contribution in [2.45, 2.75) is 25.3 Å². The van der Waals surface area contributed by atoms with Crippen LogP contribution in [0.2, 0.25) is 0 Å². The van der Waals surface area contributed by atoms with Gasteiger partial charge in [-0.1, -0.05) is 18.2 Å². The van der Waals surface area contributed by atoms with Crippen LogP contribution >= 0.6 is 0 Å². The Labute approximate surface area is 140 Å². The zero-order valence-corrected chi connectivity index (χ0v) is 13.5. The third-order valence-electron chi connectivity index (χ3n) is 5.17. The molecule has 4 nitrogen and oxygen atoms in total. The van der Waals surface area contributed by atoms with Crippen LogP contribution in [0.1, 0.15) is 29.2 Å². The van der Waals surface area contributed by atoms with E-state index >= 15 is 0 Å². The van der Waals surface area contributed by atoms with E-state index in [4.69, 9.17) is 9.47 Å². The van der Waals surface area contributed by atoms with Gasteiger partial charge in [0.15, 0.2) is 11.5 Å². The molecule has 0 saturated heterocycles. The fourth-order valence-corrected chi connectivity index (χ4v) is 3.93. The molecule has 2 N–H and O–H groups in total. The quantitative estimate of drug-likeness (QED) is 0.773. The smallest absolute Gasteiger partial charge is 0.231 e. The molecule has 0 radical (unpaired) electrons. The van der Waals surface area contributed by atoms with Gasteiger partial charge in [-0.2, -0.15) is 0 Å². The van der Waals surface area contributed by atoms with Crippen molar-refractivity contribution in [3.8, 4) is 11.5 Å². The van der Waals surface area contributed by atoms with Crippen LogP contribution in [0.25, 0.3) is 10.9 Å². The second-order valence-corrected chi connectivity index (χ2v) is 6.56. The summed E-state index contributed by atoms with van der Waals surface area (Å²) in [5.74, 6) is 1.78. The van der Waals surface area contributed by atoms with Gasteiger partial charge >= 0.3 is 0 Å². The number of ether oxygens (including phenoxy) is 2. The van der Waals surface area contributed by atoms with Crippen LogP contribution in [0.3, 0.4) is 0 Å². The van der Waals surface area contributed by atoms with E-state index in [1.807, 2.05) is 0 Å². The minimum absolute atomic E-state index is 0.339. The number of hydrogen-bond acceptors (Lipinski definition) is 3. The van der Waals surface area contributed by atoms with Gasteiger partial charge in [-0.15, -0.1) is 0 Å². The normalized spacial score (nSPS) is 18.8. The van der Waals surface area contributed by atoms with Gasteiger partial charge in [-0.05, 0) is 60.7 Å². The van der Waals surface area contributed by atoms with Gasteiger partial charge in [-0.3, -0.25) is 0 Å². The third-order valence-corrected chi connectivity index (χ3v) is 5.17. The Morgan fingerprint density at radius 1 is 1.08 bits per heavy atom. The summed E-state index contributed by atoms with van der Waals surface area (Å²) in [6.45, 7) is 1.36. The van der Waals surface area contributed by atoms with Crippen LogP contribution in [-0.4, -0.2) is 18.3 Å². The molecule has 0 bridgehead atoms. The number of aromatic nitrogens is 1. The molecule has 2 aliphatic heterocycles. The molecule has 122 valence electrons. The van der Waals surface area contributed by atoms with Crippen molar-refractivity contribution in [2.75, 3.05) is 13.3 Å². The fraction of sp³-hybridized carbons (Fsp3) is 0.300. The molecular formula is C20H20N2O2. The lowest BCUT2D eigenvalue weighted by atomic mass is 9.90. The van der Waals surface area contributed by atoms with Crippen LogP contribution in [0.5, 0.6) is 11.5 Å². The number of hydrogen-bond donors (Lipinski definition) is 2. The van der Waals surface area contributed by atoms with Crippen molar-refractivity contribution in [1.29, 1.82) is 0 Å². The van der Waals surface area contributed by atoms with Crippen LogP contribution in [0.4, 0.5) is 0 Å². The summed E-state index contributed by atoms with van der Waals surface area (Å²) in [7, 11) is 0. The van der Waals surface area contributed by atoms with Crippen molar-refractivity contribution in [2.24, 2.45) is 0 Å². The predicted octanol–water partition coefficient (Wildman–Crippen LogP) is 3.72. The topological polar surface area (TPSA) is 46.3 Å². The Balaban J connectivity index is 1.41. The molecule has 1 aromatic heterocycles. The summed E-state index contributed by atoms with van der Waals surface area (Å²) in [6, 6.07) is 13.2. The molecule has 0 aliphatic carbocycles. The van der Waals surface area contributed by atoms with Gasteiger partial charge in [-0.25, -0.2) is 0 Å². The lowest BCUT2D eigenvalue weighted by Gasteiger charge is -2.27. The minimum Gasteiger partial charge on any atom is -0.454 e. The Bertz CT molecular complexity index is 900. The van der Waals surface area contributed by atoms with Crippen LogP contribution in [0, 0.1) is 0 Å². The van der Waals surface area contributed by atoms with E-state index in [1.165, 1.54) is 27.6 Å². The summed E-state index contributed by atoms with van der Waals surface area (Å²) in [5, 5.41) is 5.00. The molecule has 0 amide bonds. The molecule has 4 heteroatoms. The molecule has 5 rings (SSSR count). The maximum Gasteiger partial charge on any atom is 0.231 e. The highest BCUT2D eigenvalue weighted by Crippen LogP contribution is 2.39. The maximum atomic E-state index is 5.57. The van der Waals surface area contributed by atoms with Crippen molar-refractivity contribution in [3.05, 3.63) is 59.3 Å². The van der Waals surface area contributed by atoms with Crippen LogP contribution < -0.4 is 14.8 Å². The number of nitrogens with one attached hydrogen (secondary N) is 2. The standard InChI is InChI=1S/C20H20N2O2/c1-2-4-17-15(3-1)14(11-22-17)5-6-18-16-10-20-19(23-12-24-20)9-13(16)7-8-21-18/h1-4,9-11,18,21-22H,5-8,12H2. The first-order valence-corrected chi connectivity index (χ1v) is 8.59. The Kier molecular flexibility index (Phi) is 3.23. The first-order valence-electron chi connectivity index (χ1n) is 8.59. The van der Waals surface area contributed by atoms with E-state index < -0.39 is 0 Å². The number of benzene rings is 2. The van der Waals surface area contributed by atoms with Crippen molar-refractivity contribution < 1.29 is 9.47 Å². The second-order valence-electron chi connectivity index (χ2n) is 6.56. The molecule has 3 aromatic rings. The summed E-state index contributed by atoms with van der Waals surface area (Å²) < 4.78 is 11.1. The highest BCUT2D eigenvalue weighted by Gasteiger charge is 2.24. The van der Waals surface area contributed by atoms with Gasteiger partial charge in [0.2, 0.25) is 6.79 Å². The molecule has 0 saturated carbocycles. The molecule has 0 fully saturated rings. The van der Waals surface area contributed by atoms with Gasteiger partial charge in [0.25, 0.3) is 0 Å². The average Bonchev–Trinajstić information content (AvgIpc) is 3.24. The molecule has 3 heterocycles. The SMILES string of the molecule is c1ccc2c(CCC3NCCc4cc5c(cc43)OCO5)c[nH]c2c1. The Hall–Kier alpha value is -2.46. The van der Waals surface area contributed by atoms with Crippen LogP contribution in [-0.2, 0) is 12.8 Å². The summed E-state index contributed by atoms with van der Waals surface area (Å²) >= 11 is 0. The molecule has 1 unspecified atom stereocenters. The first-order chi connectivity index (χ1) is 11.9. The van der Waals surface area contributed by atoms with Gasteiger partial charge in [0.1, 0.15) is 0 Å². The van der Waals surface area contributed by atoms with E-state index in [0.29, 0.717) is 12.8 Å². The number of aryl methyl sites for hydroxylation is 1. The molecule has 1 atom stereocenters. The van der Waals surface area contributed by atoms with Crippen molar-refractivity contribution in [1.82, 2.24) is 10.3 Å². The molecule has 2 aromatic carbocycles. The Morgan fingerprint density at radius 3 is 2.92 bits per heavy atom. The molecule has 0 spiro atoms. The number of para-hydroxylation sites is 1. The van der Waals surface area contributed by atoms with Gasteiger partial charge in [0.05, 0.1) is 0 Å². The predicted molar refractivity (Wildman–Crippen MR) is 93.6 cm³/mol. The molecule has 24 heavy (non-hydrogen) atoms. The van der Waals surface area contributed by atoms with E-state index in [9.17, 15) is 0 Å². The summed E-state index contributed by atoms with van der Waals surface area (Å²) in [4.78, 5) is 3.37. The largest absolute Gasteiger partial charge is 0.454 e. The number of rotatable bonds is 3. The number of H-pyrrole nitrogens is 1. The summed E-state index contributed by atoms with van der Waals surface area (Å²) in [6.07, 6.45) is 5.33. The molecule has 2 aliphatic rings. The summed E-state index contributed by atoms with van der Waals surface area (Å²) in [5.41, 5.74) is 5.36. The van der Waals surface area contributed by atoms with E-state index in [1.54, 1.807) is 0 Å². The number of aromatic amines is 1. The Morgan fingerprint density at radius 2 is 1.96 bits per heavy atom. The van der Waals surface area contributed by atoms with E-state index in [-0.39, 0.29) is 0 Å². The average molecular weight is 320 g/mol. The van der Waals surface area contributed by atoms with Crippen LogP contribution in [0.15, 0.2) is 42.6 Å². The second kappa shape index (κ2) is 5.56. The highest BCUT2D eigenvalue weighted by atomic mass is 16.7.